The van der Waals surface area contributed by atoms with E-state index in [4.69, 9.17) is 16.3 Å². The van der Waals surface area contributed by atoms with Crippen LogP contribution in [0.3, 0.4) is 0 Å². The van der Waals surface area contributed by atoms with Crippen LogP contribution in [0.2, 0.25) is 5.02 Å². The van der Waals surface area contributed by atoms with Gasteiger partial charge in [0.25, 0.3) is 11.8 Å². The molecule has 0 fully saturated rings. The molecular weight excluding hydrogens is 346 g/mol. The summed E-state index contributed by atoms with van der Waals surface area (Å²) >= 11 is 5.72. The van der Waals surface area contributed by atoms with E-state index in [1.165, 1.54) is 13.2 Å². The van der Waals surface area contributed by atoms with E-state index in [9.17, 15) is 18.4 Å². The fraction of sp³-hybridized carbons (Fsp3) is 0.214. The number of methoxy groups -OCH3 is 1. The van der Waals surface area contributed by atoms with Crippen LogP contribution in [-0.2, 0) is 4.74 Å². The van der Waals surface area contributed by atoms with Crippen molar-refractivity contribution in [3.8, 4) is 0 Å². The van der Waals surface area contributed by atoms with Gasteiger partial charge in [-0.3, -0.25) is 14.7 Å². The molecule has 1 aromatic carbocycles. The molecule has 0 bridgehead atoms. The van der Waals surface area contributed by atoms with Gasteiger partial charge in [0.2, 0.25) is 0 Å². The zero-order valence-corrected chi connectivity index (χ0v) is 13.2. The molecule has 1 heterocycles. The molecule has 3 N–H and O–H groups in total. The van der Waals surface area contributed by atoms with Crippen LogP contribution in [0.1, 0.15) is 20.8 Å². The van der Waals surface area contributed by atoms with E-state index in [1.807, 2.05) is 0 Å². The maximum Gasteiger partial charge on any atom is 0.271 e. The number of carbonyl (C=O) groups excluding carboxylic acids is 2. The van der Waals surface area contributed by atoms with Crippen LogP contribution in [-0.4, -0.2) is 42.3 Å². The number of aromatic nitrogens is 2. The second-order valence-corrected chi connectivity index (χ2v) is 5.02. The van der Waals surface area contributed by atoms with Crippen LogP contribution in [0, 0.1) is 11.6 Å². The first-order chi connectivity index (χ1) is 11.4. The number of rotatable bonds is 6. The second-order valence-electron chi connectivity index (χ2n) is 4.62. The standard InChI is InChI=1S/C14H13ClF2N4O3/c1-24-3-2-18-14(23)11-6-12(21-20-11)19-13(22)7-4-9(16)10(17)5-8(7)15/h4-6H,2-3H2,1H3,(H,18,23)(H2,19,20,21,22). The van der Waals surface area contributed by atoms with Gasteiger partial charge < -0.3 is 15.4 Å². The van der Waals surface area contributed by atoms with E-state index < -0.39 is 23.4 Å². The highest BCUT2D eigenvalue weighted by atomic mass is 35.5. The molecule has 0 aliphatic heterocycles. The molecule has 7 nitrogen and oxygen atoms in total. The minimum atomic E-state index is -1.20. The normalized spacial score (nSPS) is 10.5. The lowest BCUT2D eigenvalue weighted by molar-refractivity contribution is 0.0931. The first-order valence-corrected chi connectivity index (χ1v) is 7.08. The number of hydrogen-bond acceptors (Lipinski definition) is 4. The number of hydrogen-bond donors (Lipinski definition) is 3. The SMILES string of the molecule is COCCNC(=O)c1cc(NC(=O)c2cc(F)c(F)cc2Cl)[nH]n1. The highest BCUT2D eigenvalue weighted by molar-refractivity contribution is 6.34. The van der Waals surface area contributed by atoms with Crippen LogP contribution in [0.25, 0.3) is 0 Å². The van der Waals surface area contributed by atoms with E-state index in [2.05, 4.69) is 20.8 Å². The summed E-state index contributed by atoms with van der Waals surface area (Å²) in [6, 6.07) is 2.67. The molecule has 2 rings (SSSR count). The first-order valence-electron chi connectivity index (χ1n) is 6.70. The average molecular weight is 359 g/mol. The van der Waals surface area contributed by atoms with Gasteiger partial charge in [-0.15, -0.1) is 0 Å². The Hall–Kier alpha value is -2.52. The van der Waals surface area contributed by atoms with E-state index >= 15 is 0 Å². The quantitative estimate of drug-likeness (QED) is 0.543. The molecule has 1 aromatic heterocycles. The van der Waals surface area contributed by atoms with Gasteiger partial charge in [-0.25, -0.2) is 8.78 Å². The molecule has 0 aliphatic carbocycles. The lowest BCUT2D eigenvalue weighted by atomic mass is 10.2. The van der Waals surface area contributed by atoms with Crippen molar-refractivity contribution in [1.29, 1.82) is 0 Å². The summed E-state index contributed by atoms with van der Waals surface area (Å²) in [5.41, 5.74) is -0.214. The Labute approximate surface area is 140 Å². The van der Waals surface area contributed by atoms with Crippen molar-refractivity contribution in [2.75, 3.05) is 25.6 Å². The number of nitrogens with zero attached hydrogens (tertiary/aromatic N) is 1. The molecule has 2 aromatic rings. The number of aromatic amines is 1. The van der Waals surface area contributed by atoms with Gasteiger partial charge in [0, 0.05) is 19.7 Å². The summed E-state index contributed by atoms with van der Waals surface area (Å²) in [5.74, 6) is -3.51. The van der Waals surface area contributed by atoms with Gasteiger partial charge in [0.15, 0.2) is 17.3 Å². The van der Waals surface area contributed by atoms with Crippen molar-refractivity contribution >= 4 is 29.2 Å². The maximum absolute atomic E-state index is 13.2. The predicted molar refractivity (Wildman–Crippen MR) is 82.1 cm³/mol. The van der Waals surface area contributed by atoms with Crippen molar-refractivity contribution in [2.24, 2.45) is 0 Å². The van der Waals surface area contributed by atoms with Crippen LogP contribution in [0.5, 0.6) is 0 Å². The fourth-order valence-electron chi connectivity index (χ4n) is 1.75. The number of carbonyl (C=O) groups is 2. The van der Waals surface area contributed by atoms with Crippen molar-refractivity contribution in [2.45, 2.75) is 0 Å². The smallest absolute Gasteiger partial charge is 0.271 e. The molecule has 2 amide bonds. The Morgan fingerprint density at radius 2 is 1.96 bits per heavy atom. The fourth-order valence-corrected chi connectivity index (χ4v) is 1.98. The van der Waals surface area contributed by atoms with Crippen LogP contribution in [0.15, 0.2) is 18.2 Å². The molecule has 0 unspecified atom stereocenters. The van der Waals surface area contributed by atoms with Crippen molar-refractivity contribution in [3.05, 3.63) is 46.1 Å². The lowest BCUT2D eigenvalue weighted by Crippen LogP contribution is -2.27. The van der Waals surface area contributed by atoms with Crippen molar-refractivity contribution < 1.29 is 23.1 Å². The first kappa shape index (κ1) is 17.8. The Balaban J connectivity index is 2.05. The highest BCUT2D eigenvalue weighted by Gasteiger charge is 2.17. The van der Waals surface area contributed by atoms with Gasteiger partial charge in [-0.2, -0.15) is 5.10 Å². The number of H-pyrrole nitrogens is 1. The summed E-state index contributed by atoms with van der Waals surface area (Å²) in [6.07, 6.45) is 0. The minimum absolute atomic E-state index is 0.0396. The summed E-state index contributed by atoms with van der Waals surface area (Å²) in [6.45, 7) is 0.642. The van der Waals surface area contributed by atoms with Crippen LogP contribution >= 0.6 is 11.6 Å². The number of anilines is 1. The summed E-state index contributed by atoms with van der Waals surface area (Å²) in [7, 11) is 1.50. The van der Waals surface area contributed by atoms with Gasteiger partial charge >= 0.3 is 0 Å². The van der Waals surface area contributed by atoms with Gasteiger partial charge in [-0.05, 0) is 12.1 Å². The topological polar surface area (TPSA) is 96.1 Å². The lowest BCUT2D eigenvalue weighted by Gasteiger charge is -2.05. The predicted octanol–water partition coefficient (Wildman–Crippen LogP) is 1.97. The van der Waals surface area contributed by atoms with Crippen molar-refractivity contribution in [3.63, 3.8) is 0 Å². The van der Waals surface area contributed by atoms with E-state index in [-0.39, 0.29) is 22.1 Å². The Morgan fingerprint density at radius 1 is 1.25 bits per heavy atom. The second kappa shape index (κ2) is 7.84. The third-order valence-corrected chi connectivity index (χ3v) is 3.22. The molecule has 10 heteroatoms. The zero-order valence-electron chi connectivity index (χ0n) is 12.5. The molecule has 0 saturated carbocycles. The van der Waals surface area contributed by atoms with Crippen molar-refractivity contribution in [1.82, 2.24) is 15.5 Å². The number of halogens is 3. The van der Waals surface area contributed by atoms with E-state index in [1.54, 1.807) is 0 Å². The largest absolute Gasteiger partial charge is 0.383 e. The maximum atomic E-state index is 13.2. The zero-order chi connectivity index (χ0) is 17.7. The average Bonchev–Trinajstić information content (AvgIpc) is 2.99. The van der Waals surface area contributed by atoms with Gasteiger partial charge in [0.1, 0.15) is 5.82 Å². The van der Waals surface area contributed by atoms with Crippen LogP contribution in [0.4, 0.5) is 14.6 Å². The minimum Gasteiger partial charge on any atom is -0.383 e. The third kappa shape index (κ3) is 4.27. The molecular formula is C14H13ClF2N4O3. The molecule has 0 radical (unpaired) electrons. The van der Waals surface area contributed by atoms with E-state index in [0.29, 0.717) is 25.3 Å². The number of amides is 2. The third-order valence-electron chi connectivity index (χ3n) is 2.91. The monoisotopic (exact) mass is 358 g/mol. The summed E-state index contributed by atoms with van der Waals surface area (Å²) < 4.78 is 31.0. The Morgan fingerprint density at radius 3 is 2.67 bits per heavy atom. The Kier molecular flexibility index (Phi) is 5.83. The summed E-state index contributed by atoms with van der Waals surface area (Å²) in [4.78, 5) is 23.8. The molecule has 0 spiro atoms. The molecule has 24 heavy (non-hydrogen) atoms. The number of benzene rings is 1. The molecule has 128 valence electrons. The number of ether oxygens (including phenoxy) is 1. The highest BCUT2D eigenvalue weighted by Crippen LogP contribution is 2.21. The molecule has 0 atom stereocenters. The van der Waals surface area contributed by atoms with Gasteiger partial charge in [-0.1, -0.05) is 11.6 Å². The molecule has 0 saturated heterocycles. The van der Waals surface area contributed by atoms with Crippen LogP contribution < -0.4 is 10.6 Å². The molecule has 0 aliphatic rings. The Bertz CT molecular complexity index is 766. The summed E-state index contributed by atoms with van der Waals surface area (Å²) in [5, 5.41) is 10.8. The van der Waals surface area contributed by atoms with Gasteiger partial charge in [0.05, 0.1) is 17.2 Å². The van der Waals surface area contributed by atoms with E-state index in [0.717, 1.165) is 0 Å². The number of nitrogens with one attached hydrogen (secondary N) is 3.